The van der Waals surface area contributed by atoms with Crippen LogP contribution in [-0.2, 0) is 9.84 Å². The van der Waals surface area contributed by atoms with Gasteiger partial charge in [0, 0.05) is 5.41 Å². The van der Waals surface area contributed by atoms with Crippen LogP contribution in [0, 0.1) is 6.92 Å². The first-order valence-corrected chi connectivity index (χ1v) is 8.17. The lowest BCUT2D eigenvalue weighted by atomic mass is 10.3. The van der Waals surface area contributed by atoms with E-state index in [0.717, 1.165) is 14.8 Å². The zero-order valence-corrected chi connectivity index (χ0v) is 12.2. The van der Waals surface area contributed by atoms with Crippen LogP contribution in [-0.4, -0.2) is 26.1 Å². The van der Waals surface area contributed by atoms with Crippen LogP contribution in [0.5, 0.6) is 0 Å². The van der Waals surface area contributed by atoms with Gasteiger partial charge in [0.2, 0.25) is 0 Å². The number of nitrogens with one attached hydrogen (secondary N) is 1. The minimum absolute atomic E-state index is 0.0513. The lowest BCUT2D eigenvalue weighted by Crippen LogP contribution is -2.35. The molecule has 1 atom stereocenters. The molecule has 17 heavy (non-hydrogen) atoms. The topological polar surface area (TPSA) is 63.2 Å². The highest BCUT2D eigenvalue weighted by atomic mass is 79.9. The van der Waals surface area contributed by atoms with E-state index in [4.69, 9.17) is 0 Å². The standard InChI is InChI=1S/C10H10BrNO3S2/c1-6-4-8(16-9(6)11)10(13)12-7-2-3-17(14,15)5-7/h2-4,7H,5H2,1H3,(H,12,13). The summed E-state index contributed by atoms with van der Waals surface area (Å²) in [6.45, 7) is 1.90. The Morgan fingerprint density at radius 3 is 2.76 bits per heavy atom. The summed E-state index contributed by atoms with van der Waals surface area (Å²) in [7, 11) is -3.13. The van der Waals surface area contributed by atoms with Gasteiger partial charge in [0.1, 0.15) is 0 Å². The van der Waals surface area contributed by atoms with Gasteiger partial charge >= 0.3 is 0 Å². The summed E-state index contributed by atoms with van der Waals surface area (Å²) in [5.41, 5.74) is 0.995. The average Bonchev–Trinajstić information content (AvgIpc) is 2.71. The first-order chi connectivity index (χ1) is 7.87. The summed E-state index contributed by atoms with van der Waals surface area (Å²) >= 11 is 4.68. The van der Waals surface area contributed by atoms with Gasteiger partial charge in [0.15, 0.2) is 9.84 Å². The molecule has 0 saturated heterocycles. The molecule has 0 bridgehead atoms. The van der Waals surface area contributed by atoms with E-state index >= 15 is 0 Å². The van der Waals surface area contributed by atoms with Crippen molar-refractivity contribution in [1.29, 1.82) is 0 Å². The summed E-state index contributed by atoms with van der Waals surface area (Å²) in [5.74, 6) is -0.292. The molecule has 7 heteroatoms. The maximum absolute atomic E-state index is 11.8. The van der Waals surface area contributed by atoms with Crippen LogP contribution in [0.2, 0.25) is 0 Å². The van der Waals surface area contributed by atoms with Crippen LogP contribution >= 0.6 is 27.3 Å². The predicted molar refractivity (Wildman–Crippen MR) is 70.9 cm³/mol. The Morgan fingerprint density at radius 2 is 2.29 bits per heavy atom. The van der Waals surface area contributed by atoms with Gasteiger partial charge in [-0.2, -0.15) is 0 Å². The molecule has 0 fully saturated rings. The van der Waals surface area contributed by atoms with Crippen molar-refractivity contribution in [2.45, 2.75) is 13.0 Å². The van der Waals surface area contributed by atoms with Crippen molar-refractivity contribution in [2.24, 2.45) is 0 Å². The molecule has 1 unspecified atom stereocenters. The number of hydrogen-bond donors (Lipinski definition) is 1. The molecule has 1 amide bonds. The molecular weight excluding hydrogens is 326 g/mol. The van der Waals surface area contributed by atoms with Gasteiger partial charge in [-0.05, 0) is 40.6 Å². The van der Waals surface area contributed by atoms with E-state index in [1.165, 1.54) is 17.4 Å². The van der Waals surface area contributed by atoms with Crippen molar-refractivity contribution in [3.05, 3.63) is 31.8 Å². The number of carbonyl (C=O) groups is 1. The largest absolute Gasteiger partial charge is 0.344 e. The molecule has 1 aromatic rings. The van der Waals surface area contributed by atoms with Crippen molar-refractivity contribution < 1.29 is 13.2 Å². The van der Waals surface area contributed by atoms with Crippen LogP contribution in [0.4, 0.5) is 0 Å². The van der Waals surface area contributed by atoms with E-state index in [-0.39, 0.29) is 11.7 Å². The van der Waals surface area contributed by atoms with Gasteiger partial charge in [-0.1, -0.05) is 0 Å². The molecule has 0 aliphatic carbocycles. The Kier molecular flexibility index (Phi) is 3.42. The molecule has 2 rings (SSSR count). The van der Waals surface area contributed by atoms with E-state index in [1.54, 1.807) is 6.07 Å². The maximum Gasteiger partial charge on any atom is 0.261 e. The quantitative estimate of drug-likeness (QED) is 0.897. The van der Waals surface area contributed by atoms with Gasteiger partial charge in [-0.25, -0.2) is 8.42 Å². The van der Waals surface area contributed by atoms with Gasteiger partial charge in [0.25, 0.3) is 5.91 Å². The number of hydrogen-bond acceptors (Lipinski definition) is 4. The highest BCUT2D eigenvalue weighted by Crippen LogP contribution is 2.27. The second-order valence-electron chi connectivity index (χ2n) is 3.81. The first-order valence-electron chi connectivity index (χ1n) is 4.85. The van der Waals surface area contributed by atoms with Crippen LogP contribution in [0.15, 0.2) is 21.3 Å². The number of aryl methyl sites for hydroxylation is 1. The van der Waals surface area contributed by atoms with Gasteiger partial charge in [-0.15, -0.1) is 11.3 Å². The summed E-state index contributed by atoms with van der Waals surface area (Å²) < 4.78 is 23.3. The molecule has 2 heterocycles. The third-order valence-corrected chi connectivity index (χ3v) is 5.86. The Labute approximate surface area is 112 Å². The second-order valence-corrected chi connectivity index (χ2v) is 8.11. The Hall–Kier alpha value is -0.660. The maximum atomic E-state index is 11.8. The molecule has 0 aromatic carbocycles. The van der Waals surface area contributed by atoms with Crippen LogP contribution < -0.4 is 5.32 Å². The fourth-order valence-electron chi connectivity index (χ4n) is 1.48. The second kappa shape index (κ2) is 4.55. The molecule has 0 radical (unpaired) electrons. The van der Waals surface area contributed by atoms with E-state index in [2.05, 4.69) is 21.2 Å². The Bertz CT molecular complexity index is 569. The Morgan fingerprint density at radius 1 is 1.59 bits per heavy atom. The minimum atomic E-state index is -3.13. The molecule has 1 aromatic heterocycles. The summed E-state index contributed by atoms with van der Waals surface area (Å²) in [5, 5.41) is 3.82. The molecule has 92 valence electrons. The van der Waals surface area contributed by atoms with E-state index in [1.807, 2.05) is 6.92 Å². The molecule has 4 nitrogen and oxygen atoms in total. The highest BCUT2D eigenvalue weighted by molar-refractivity contribution is 9.11. The number of sulfone groups is 1. The fraction of sp³-hybridized carbons (Fsp3) is 0.300. The van der Waals surface area contributed by atoms with Crippen molar-refractivity contribution in [1.82, 2.24) is 5.32 Å². The van der Waals surface area contributed by atoms with Crippen molar-refractivity contribution >= 4 is 43.0 Å². The number of rotatable bonds is 2. The zero-order valence-electron chi connectivity index (χ0n) is 8.94. The third kappa shape index (κ3) is 2.97. The van der Waals surface area contributed by atoms with Crippen molar-refractivity contribution in [2.75, 3.05) is 5.75 Å². The SMILES string of the molecule is Cc1cc(C(=O)NC2C=CS(=O)(=O)C2)sc1Br. The van der Waals surface area contributed by atoms with Gasteiger partial charge < -0.3 is 5.32 Å². The number of thiophene rings is 1. The van der Waals surface area contributed by atoms with Crippen molar-refractivity contribution in [3.63, 3.8) is 0 Å². The monoisotopic (exact) mass is 335 g/mol. The molecule has 1 aliphatic heterocycles. The van der Waals surface area contributed by atoms with E-state index < -0.39 is 15.9 Å². The fourth-order valence-corrected chi connectivity index (χ4v) is 4.15. The lowest BCUT2D eigenvalue weighted by molar-refractivity contribution is 0.0951. The predicted octanol–water partition coefficient (Wildman–Crippen LogP) is 1.86. The van der Waals surface area contributed by atoms with E-state index in [9.17, 15) is 13.2 Å². The smallest absolute Gasteiger partial charge is 0.261 e. The molecule has 0 saturated carbocycles. The van der Waals surface area contributed by atoms with Crippen LogP contribution in [0.25, 0.3) is 0 Å². The number of amides is 1. The molecule has 0 spiro atoms. The van der Waals surface area contributed by atoms with Crippen LogP contribution in [0.1, 0.15) is 15.2 Å². The zero-order chi connectivity index (χ0) is 12.6. The van der Waals surface area contributed by atoms with Gasteiger partial charge in [-0.3, -0.25) is 4.79 Å². The lowest BCUT2D eigenvalue weighted by Gasteiger charge is -2.08. The van der Waals surface area contributed by atoms with Crippen LogP contribution in [0.3, 0.4) is 0 Å². The summed E-state index contributed by atoms with van der Waals surface area (Å²) in [6.07, 6.45) is 1.50. The van der Waals surface area contributed by atoms with E-state index in [0.29, 0.717) is 4.88 Å². The molecule has 1 N–H and O–H groups in total. The number of carbonyl (C=O) groups excluding carboxylic acids is 1. The highest BCUT2D eigenvalue weighted by Gasteiger charge is 2.24. The van der Waals surface area contributed by atoms with Crippen molar-refractivity contribution in [3.8, 4) is 0 Å². The Balaban J connectivity index is 2.06. The average molecular weight is 336 g/mol. The van der Waals surface area contributed by atoms with Gasteiger partial charge in [0.05, 0.1) is 20.5 Å². The molecular formula is C10H10BrNO3S2. The first kappa shape index (κ1) is 12.8. The number of halogens is 1. The normalized spacial score (nSPS) is 21.6. The molecule has 1 aliphatic rings. The minimum Gasteiger partial charge on any atom is -0.344 e. The third-order valence-electron chi connectivity index (χ3n) is 2.33. The summed E-state index contributed by atoms with van der Waals surface area (Å²) in [6, 6.07) is 1.35. The summed E-state index contributed by atoms with van der Waals surface area (Å²) in [4.78, 5) is 12.4.